The van der Waals surface area contributed by atoms with E-state index in [2.05, 4.69) is 39.0 Å². The maximum Gasteiger partial charge on any atom is 0.231 e. The second-order valence-electron chi connectivity index (χ2n) is 5.79. The average Bonchev–Trinajstić information content (AvgIpc) is 3.00. The van der Waals surface area contributed by atoms with E-state index in [4.69, 9.17) is 4.98 Å². The smallest absolute Gasteiger partial charge is 0.231 e. The van der Waals surface area contributed by atoms with Crippen LogP contribution in [0, 0.1) is 0 Å². The van der Waals surface area contributed by atoms with Gasteiger partial charge >= 0.3 is 0 Å². The molecule has 2 aromatic rings. The molecule has 0 bridgehead atoms. The van der Waals surface area contributed by atoms with E-state index in [0.717, 1.165) is 37.8 Å². The van der Waals surface area contributed by atoms with Crippen molar-refractivity contribution in [3.63, 3.8) is 0 Å². The lowest BCUT2D eigenvalue weighted by molar-refractivity contribution is 0.573. The second kappa shape index (κ2) is 5.35. The molecule has 1 saturated heterocycles. The summed E-state index contributed by atoms with van der Waals surface area (Å²) in [7, 11) is 0. The Morgan fingerprint density at radius 3 is 2.67 bits per heavy atom. The Hall–Kier alpha value is -2.10. The monoisotopic (exact) mass is 280 g/mol. The van der Waals surface area contributed by atoms with Crippen molar-refractivity contribution in [2.75, 3.05) is 29.4 Å². The van der Waals surface area contributed by atoms with Crippen LogP contribution in [-0.2, 0) is 6.42 Å². The maximum atomic E-state index is 4.82. The fourth-order valence-electron chi connectivity index (χ4n) is 3.31. The molecular formula is C17H20N4. The third-order valence-electron chi connectivity index (χ3n) is 4.44. The molecule has 0 aliphatic carbocycles. The molecule has 21 heavy (non-hydrogen) atoms. The van der Waals surface area contributed by atoms with Gasteiger partial charge in [-0.2, -0.15) is 4.98 Å². The van der Waals surface area contributed by atoms with Gasteiger partial charge in [0.25, 0.3) is 0 Å². The number of aromatic nitrogens is 2. The van der Waals surface area contributed by atoms with E-state index in [-0.39, 0.29) is 0 Å². The van der Waals surface area contributed by atoms with Gasteiger partial charge in [-0.25, -0.2) is 4.98 Å². The molecule has 0 spiro atoms. The molecule has 4 rings (SSSR count). The van der Waals surface area contributed by atoms with Crippen LogP contribution in [0.15, 0.2) is 36.5 Å². The summed E-state index contributed by atoms with van der Waals surface area (Å²) in [5, 5.41) is 0. The average molecular weight is 280 g/mol. The van der Waals surface area contributed by atoms with E-state index in [1.807, 2.05) is 12.3 Å². The van der Waals surface area contributed by atoms with Crippen molar-refractivity contribution in [1.29, 1.82) is 0 Å². The van der Waals surface area contributed by atoms with Crippen LogP contribution >= 0.6 is 0 Å². The first-order valence-corrected chi connectivity index (χ1v) is 7.85. The van der Waals surface area contributed by atoms with Crippen molar-refractivity contribution in [2.24, 2.45) is 0 Å². The number of anilines is 3. The molecular weight excluding hydrogens is 260 g/mol. The molecule has 1 aromatic heterocycles. The Morgan fingerprint density at radius 1 is 0.905 bits per heavy atom. The number of rotatable bonds is 2. The first-order valence-electron chi connectivity index (χ1n) is 7.85. The molecule has 0 saturated carbocycles. The predicted molar refractivity (Wildman–Crippen MR) is 85.2 cm³/mol. The zero-order valence-corrected chi connectivity index (χ0v) is 12.2. The number of hydrogen-bond donors (Lipinski definition) is 0. The van der Waals surface area contributed by atoms with Crippen LogP contribution in [0.5, 0.6) is 0 Å². The lowest BCUT2D eigenvalue weighted by atomic mass is 10.1. The van der Waals surface area contributed by atoms with Crippen LogP contribution in [0.2, 0.25) is 0 Å². The van der Waals surface area contributed by atoms with Gasteiger partial charge in [0.2, 0.25) is 5.95 Å². The molecule has 0 radical (unpaired) electrons. The van der Waals surface area contributed by atoms with E-state index in [1.54, 1.807) is 0 Å². The van der Waals surface area contributed by atoms with Crippen LogP contribution in [0.4, 0.5) is 17.5 Å². The number of fused-ring (bicyclic) bond motifs is 1. The summed E-state index contributed by atoms with van der Waals surface area (Å²) in [6.45, 7) is 3.21. The maximum absolute atomic E-state index is 4.82. The van der Waals surface area contributed by atoms with Gasteiger partial charge in [-0.1, -0.05) is 18.2 Å². The van der Waals surface area contributed by atoms with Crippen molar-refractivity contribution < 1.29 is 0 Å². The van der Waals surface area contributed by atoms with Gasteiger partial charge < -0.3 is 9.80 Å². The first-order chi connectivity index (χ1) is 10.4. The van der Waals surface area contributed by atoms with Gasteiger partial charge in [0, 0.05) is 31.5 Å². The molecule has 4 heteroatoms. The summed E-state index contributed by atoms with van der Waals surface area (Å²) in [5.41, 5.74) is 2.65. The quantitative estimate of drug-likeness (QED) is 0.846. The van der Waals surface area contributed by atoms with E-state index in [1.165, 1.54) is 30.5 Å². The molecule has 0 unspecified atom stereocenters. The third-order valence-corrected chi connectivity index (χ3v) is 4.44. The number of hydrogen-bond acceptors (Lipinski definition) is 4. The van der Waals surface area contributed by atoms with Gasteiger partial charge in [0.15, 0.2) is 0 Å². The molecule has 0 atom stereocenters. The molecule has 0 N–H and O–H groups in total. The molecule has 1 fully saturated rings. The summed E-state index contributed by atoms with van der Waals surface area (Å²) in [4.78, 5) is 13.9. The van der Waals surface area contributed by atoms with Gasteiger partial charge in [-0.15, -0.1) is 0 Å². The predicted octanol–water partition coefficient (Wildman–Crippen LogP) is 3.16. The topological polar surface area (TPSA) is 32.3 Å². The van der Waals surface area contributed by atoms with Crippen molar-refractivity contribution in [3.05, 3.63) is 42.1 Å². The van der Waals surface area contributed by atoms with E-state index in [9.17, 15) is 0 Å². The van der Waals surface area contributed by atoms with Crippen molar-refractivity contribution >= 4 is 17.5 Å². The van der Waals surface area contributed by atoms with Gasteiger partial charge in [-0.3, -0.25) is 0 Å². The van der Waals surface area contributed by atoms with Crippen LogP contribution in [-0.4, -0.2) is 29.6 Å². The highest BCUT2D eigenvalue weighted by atomic mass is 15.3. The number of benzene rings is 1. The first kappa shape index (κ1) is 12.6. The summed E-state index contributed by atoms with van der Waals surface area (Å²) >= 11 is 0. The standard InChI is InChI=1S/C17H20N4/c1-4-11-20(12-5-1)16-8-10-18-17(19-16)21-13-9-14-6-2-3-7-15(14)21/h2-3,6-8,10H,1,4-5,9,11-13H2. The highest BCUT2D eigenvalue weighted by molar-refractivity contribution is 5.66. The molecule has 1 aromatic carbocycles. The van der Waals surface area contributed by atoms with Crippen molar-refractivity contribution in [1.82, 2.24) is 9.97 Å². The Kier molecular flexibility index (Phi) is 3.22. The highest BCUT2D eigenvalue weighted by Gasteiger charge is 2.22. The molecule has 108 valence electrons. The molecule has 3 heterocycles. The number of para-hydroxylation sites is 1. The van der Waals surface area contributed by atoms with E-state index in [0.29, 0.717) is 0 Å². The van der Waals surface area contributed by atoms with Crippen LogP contribution < -0.4 is 9.80 Å². The summed E-state index contributed by atoms with van der Waals surface area (Å²) < 4.78 is 0. The Bertz CT molecular complexity index is 634. The Morgan fingerprint density at radius 2 is 1.76 bits per heavy atom. The van der Waals surface area contributed by atoms with Crippen LogP contribution in [0.3, 0.4) is 0 Å². The number of nitrogens with zero attached hydrogens (tertiary/aromatic N) is 4. The highest BCUT2D eigenvalue weighted by Crippen LogP contribution is 2.32. The minimum Gasteiger partial charge on any atom is -0.356 e. The third kappa shape index (κ3) is 2.35. The summed E-state index contributed by atoms with van der Waals surface area (Å²) in [5.74, 6) is 1.91. The SMILES string of the molecule is c1ccc2c(c1)CCN2c1nccc(N2CCCCC2)n1. The minimum atomic E-state index is 0.836. The fraction of sp³-hybridized carbons (Fsp3) is 0.412. The van der Waals surface area contributed by atoms with E-state index >= 15 is 0 Å². The molecule has 4 nitrogen and oxygen atoms in total. The normalized spacial score (nSPS) is 17.9. The van der Waals surface area contributed by atoms with E-state index < -0.39 is 0 Å². The lowest BCUT2D eigenvalue weighted by Crippen LogP contribution is -2.30. The Labute approximate surface area is 125 Å². The van der Waals surface area contributed by atoms with Gasteiger partial charge in [0.05, 0.1) is 0 Å². The van der Waals surface area contributed by atoms with Crippen LogP contribution in [0.25, 0.3) is 0 Å². The van der Waals surface area contributed by atoms with Crippen molar-refractivity contribution in [2.45, 2.75) is 25.7 Å². The second-order valence-corrected chi connectivity index (χ2v) is 5.79. The van der Waals surface area contributed by atoms with Gasteiger partial charge in [0.1, 0.15) is 5.82 Å². The lowest BCUT2D eigenvalue weighted by Gasteiger charge is -2.28. The molecule has 2 aliphatic rings. The molecule has 0 amide bonds. The fourth-order valence-corrected chi connectivity index (χ4v) is 3.31. The zero-order chi connectivity index (χ0) is 14.1. The molecule has 2 aliphatic heterocycles. The Balaban J connectivity index is 1.64. The minimum absolute atomic E-state index is 0.836. The van der Waals surface area contributed by atoms with Crippen molar-refractivity contribution in [3.8, 4) is 0 Å². The van der Waals surface area contributed by atoms with Gasteiger partial charge in [-0.05, 0) is 43.4 Å². The summed E-state index contributed by atoms with van der Waals surface area (Å²) in [6.07, 6.45) is 6.85. The zero-order valence-electron chi connectivity index (χ0n) is 12.2. The van der Waals surface area contributed by atoms with Crippen LogP contribution in [0.1, 0.15) is 24.8 Å². The largest absolute Gasteiger partial charge is 0.356 e. The number of piperidine rings is 1. The summed E-state index contributed by atoms with van der Waals surface area (Å²) in [6, 6.07) is 10.6.